The maximum Gasteiger partial charge on any atom is 0.343 e. The Balaban J connectivity index is 2.20. The Morgan fingerprint density at radius 3 is 2.52 bits per heavy atom. The molecule has 0 saturated carbocycles. The summed E-state index contributed by atoms with van der Waals surface area (Å²) in [7, 11) is 0. The number of hydrogen-bond acceptors (Lipinski definition) is 5. The third kappa shape index (κ3) is 3.44. The molecule has 2 aromatic carbocycles. The molecule has 0 spiro atoms. The van der Waals surface area contributed by atoms with E-state index >= 15 is 0 Å². The third-order valence-corrected chi connectivity index (χ3v) is 4.48. The minimum absolute atomic E-state index is 0.0266. The largest absolute Gasteiger partial charge is 0.507 e. The standard InChI is InChI=1S/C19H15FO4S/c1-11(21)10-15(12-6-8-13(25-20)9-7-12)17-18(22)14-4-2-3-5-16(14)24-19(17)23/h2-9,15,22H,10H2,1H3. The van der Waals surface area contributed by atoms with Crippen molar-refractivity contribution >= 4 is 28.9 Å². The number of halogens is 1. The second-order valence-electron chi connectivity index (χ2n) is 5.75. The molecule has 0 aliphatic carbocycles. The van der Waals surface area contributed by atoms with Gasteiger partial charge in [0.25, 0.3) is 0 Å². The number of aromatic hydroxyl groups is 1. The van der Waals surface area contributed by atoms with Crippen LogP contribution >= 0.6 is 12.1 Å². The molecule has 0 aliphatic heterocycles. The van der Waals surface area contributed by atoms with Crippen LogP contribution in [-0.2, 0) is 4.79 Å². The molecule has 0 saturated heterocycles. The van der Waals surface area contributed by atoms with Crippen molar-refractivity contribution in [2.75, 3.05) is 0 Å². The highest BCUT2D eigenvalue weighted by Crippen LogP contribution is 2.36. The molecule has 1 unspecified atom stereocenters. The fourth-order valence-corrected chi connectivity index (χ4v) is 3.12. The van der Waals surface area contributed by atoms with Gasteiger partial charge in [-0.15, -0.1) is 0 Å². The monoisotopic (exact) mass is 358 g/mol. The maximum absolute atomic E-state index is 12.7. The Morgan fingerprint density at radius 1 is 1.20 bits per heavy atom. The number of benzene rings is 2. The van der Waals surface area contributed by atoms with E-state index in [0.29, 0.717) is 15.8 Å². The highest BCUT2D eigenvalue weighted by molar-refractivity contribution is 7.94. The predicted molar refractivity (Wildman–Crippen MR) is 94.7 cm³/mol. The molecule has 6 heteroatoms. The van der Waals surface area contributed by atoms with Crippen molar-refractivity contribution in [3.63, 3.8) is 0 Å². The summed E-state index contributed by atoms with van der Waals surface area (Å²) in [4.78, 5) is 24.6. The zero-order valence-corrected chi connectivity index (χ0v) is 14.2. The predicted octanol–water partition coefficient (Wildman–Crippen LogP) is 4.59. The van der Waals surface area contributed by atoms with Crippen LogP contribution in [0.3, 0.4) is 0 Å². The first-order chi connectivity index (χ1) is 12.0. The third-order valence-electron chi connectivity index (χ3n) is 4.03. The SMILES string of the molecule is CC(=O)CC(c1ccc(SF)cc1)c1c(O)c2ccccc2oc1=O. The van der Waals surface area contributed by atoms with Gasteiger partial charge in [0, 0.05) is 17.2 Å². The maximum atomic E-state index is 12.7. The van der Waals surface area contributed by atoms with Crippen LogP contribution in [0.4, 0.5) is 3.89 Å². The van der Waals surface area contributed by atoms with E-state index in [1.165, 1.54) is 6.92 Å². The van der Waals surface area contributed by atoms with Crippen molar-refractivity contribution < 1.29 is 18.2 Å². The van der Waals surface area contributed by atoms with E-state index in [1.54, 1.807) is 48.5 Å². The normalized spacial score (nSPS) is 12.2. The van der Waals surface area contributed by atoms with Crippen LogP contribution in [0, 0.1) is 0 Å². The Labute approximate surface area is 147 Å². The van der Waals surface area contributed by atoms with Gasteiger partial charge in [0.15, 0.2) is 0 Å². The van der Waals surface area contributed by atoms with E-state index < -0.39 is 11.5 Å². The lowest BCUT2D eigenvalue weighted by molar-refractivity contribution is -0.117. The van der Waals surface area contributed by atoms with Gasteiger partial charge < -0.3 is 9.52 Å². The van der Waals surface area contributed by atoms with Crippen LogP contribution in [0.2, 0.25) is 0 Å². The van der Waals surface area contributed by atoms with Crippen molar-refractivity contribution in [3.05, 3.63) is 70.1 Å². The second-order valence-corrected chi connectivity index (χ2v) is 6.38. The molecule has 1 heterocycles. The van der Waals surface area contributed by atoms with Gasteiger partial charge in [0.1, 0.15) is 17.1 Å². The molecule has 0 bridgehead atoms. The van der Waals surface area contributed by atoms with Crippen molar-refractivity contribution in [2.45, 2.75) is 24.2 Å². The number of rotatable bonds is 5. The fraction of sp³-hybridized carbons (Fsp3) is 0.158. The average Bonchev–Trinajstić information content (AvgIpc) is 2.60. The topological polar surface area (TPSA) is 67.5 Å². The lowest BCUT2D eigenvalue weighted by Gasteiger charge is -2.17. The first-order valence-corrected chi connectivity index (χ1v) is 8.35. The molecule has 0 aliphatic rings. The van der Waals surface area contributed by atoms with E-state index in [9.17, 15) is 18.6 Å². The van der Waals surface area contributed by atoms with Crippen LogP contribution in [0.1, 0.15) is 30.4 Å². The molecule has 128 valence electrons. The molecule has 3 rings (SSSR count). The summed E-state index contributed by atoms with van der Waals surface area (Å²) in [5.41, 5.74) is 0.256. The number of ketones is 1. The summed E-state index contributed by atoms with van der Waals surface area (Å²) in [6, 6.07) is 13.1. The molecule has 0 amide bonds. The quantitative estimate of drug-likeness (QED) is 0.676. The first kappa shape index (κ1) is 17.2. The Hall–Kier alpha value is -2.60. The summed E-state index contributed by atoms with van der Waals surface area (Å²) in [5, 5.41) is 11.0. The van der Waals surface area contributed by atoms with E-state index in [0.717, 1.165) is 0 Å². The van der Waals surface area contributed by atoms with E-state index in [1.807, 2.05) is 0 Å². The van der Waals surface area contributed by atoms with E-state index in [4.69, 9.17) is 4.42 Å². The van der Waals surface area contributed by atoms with Gasteiger partial charge in [-0.3, -0.25) is 4.79 Å². The molecule has 4 nitrogen and oxygen atoms in total. The van der Waals surface area contributed by atoms with E-state index in [-0.39, 0.29) is 41.2 Å². The number of para-hydroxylation sites is 1. The molecular formula is C19H15FO4S. The van der Waals surface area contributed by atoms with Gasteiger partial charge in [-0.1, -0.05) is 24.3 Å². The highest BCUT2D eigenvalue weighted by atomic mass is 32.2. The zero-order chi connectivity index (χ0) is 18.0. The van der Waals surface area contributed by atoms with Crippen molar-refractivity contribution in [3.8, 4) is 5.75 Å². The van der Waals surface area contributed by atoms with Crippen molar-refractivity contribution in [1.29, 1.82) is 0 Å². The van der Waals surface area contributed by atoms with Crippen LogP contribution in [-0.4, -0.2) is 10.9 Å². The van der Waals surface area contributed by atoms with Gasteiger partial charge in [-0.25, -0.2) is 4.79 Å². The number of fused-ring (bicyclic) bond motifs is 1. The van der Waals surface area contributed by atoms with E-state index in [2.05, 4.69) is 0 Å². The fourth-order valence-electron chi connectivity index (χ4n) is 2.88. The van der Waals surface area contributed by atoms with Gasteiger partial charge in [0.05, 0.1) is 23.1 Å². The average molecular weight is 358 g/mol. The molecule has 0 radical (unpaired) electrons. The number of hydrogen-bond donors (Lipinski definition) is 1. The molecule has 1 N–H and O–H groups in total. The second kappa shape index (κ2) is 7.11. The summed E-state index contributed by atoms with van der Waals surface area (Å²) < 4.78 is 18.0. The van der Waals surface area contributed by atoms with Crippen LogP contribution in [0.25, 0.3) is 11.0 Å². The minimum Gasteiger partial charge on any atom is -0.507 e. The van der Waals surface area contributed by atoms with Crippen LogP contribution in [0.15, 0.2) is 62.6 Å². The van der Waals surface area contributed by atoms with Gasteiger partial charge in [-0.2, -0.15) is 3.89 Å². The van der Waals surface area contributed by atoms with Crippen molar-refractivity contribution in [2.24, 2.45) is 0 Å². The number of carbonyl (C=O) groups excluding carboxylic acids is 1. The van der Waals surface area contributed by atoms with Crippen molar-refractivity contribution in [1.82, 2.24) is 0 Å². The molecule has 0 fully saturated rings. The Bertz CT molecular complexity index is 979. The molecular weight excluding hydrogens is 343 g/mol. The molecule has 25 heavy (non-hydrogen) atoms. The van der Waals surface area contributed by atoms with Gasteiger partial charge in [0.2, 0.25) is 0 Å². The Morgan fingerprint density at radius 2 is 1.88 bits per heavy atom. The summed E-state index contributed by atoms with van der Waals surface area (Å²) in [6.07, 6.45) is 0.0266. The van der Waals surface area contributed by atoms with Crippen LogP contribution < -0.4 is 5.63 Å². The molecule has 1 aromatic heterocycles. The molecule has 3 aromatic rings. The minimum atomic E-state index is -0.689. The summed E-state index contributed by atoms with van der Waals surface area (Å²) in [5.74, 6) is -1.00. The van der Waals surface area contributed by atoms with Gasteiger partial charge >= 0.3 is 5.63 Å². The smallest absolute Gasteiger partial charge is 0.343 e. The molecule has 1 atom stereocenters. The number of Topliss-reactive ketones (excluding diaryl/α,β-unsaturated/α-hetero) is 1. The van der Waals surface area contributed by atoms with Crippen LogP contribution in [0.5, 0.6) is 5.75 Å². The lowest BCUT2D eigenvalue weighted by Crippen LogP contribution is -2.16. The Kier molecular flexibility index (Phi) is 4.90. The zero-order valence-electron chi connectivity index (χ0n) is 13.4. The highest BCUT2D eigenvalue weighted by Gasteiger charge is 2.25. The first-order valence-electron chi connectivity index (χ1n) is 7.64. The summed E-state index contributed by atoms with van der Waals surface area (Å²) >= 11 is 0.111. The lowest BCUT2D eigenvalue weighted by atomic mass is 9.87. The summed E-state index contributed by atoms with van der Waals surface area (Å²) in [6.45, 7) is 1.42. The number of carbonyl (C=O) groups is 1. The van der Waals surface area contributed by atoms with Gasteiger partial charge in [-0.05, 0) is 36.8 Å².